The zero-order valence-electron chi connectivity index (χ0n) is 24.8. The highest BCUT2D eigenvalue weighted by Crippen LogP contribution is 2.30. The Bertz CT molecular complexity index is 1300. The number of anilines is 2. The van der Waals surface area contributed by atoms with E-state index < -0.39 is 5.60 Å². The lowest BCUT2D eigenvalue weighted by Crippen LogP contribution is -2.32. The number of hydrogen-bond donors (Lipinski definition) is 3. The second-order valence-corrected chi connectivity index (χ2v) is 11.3. The van der Waals surface area contributed by atoms with E-state index in [1.54, 1.807) is 13.2 Å². The second-order valence-electron chi connectivity index (χ2n) is 11.3. The summed E-state index contributed by atoms with van der Waals surface area (Å²) in [4.78, 5) is 41.5. The van der Waals surface area contributed by atoms with Crippen molar-refractivity contribution in [2.75, 3.05) is 18.9 Å². The number of fused-ring (bicyclic) bond motifs is 1. The molecule has 0 fully saturated rings. The molecule has 0 bridgehead atoms. The number of amides is 2. The lowest BCUT2D eigenvalue weighted by atomic mass is 10.00. The van der Waals surface area contributed by atoms with E-state index in [0.717, 1.165) is 67.1 Å². The average molecular weight is 561 g/mol. The number of rotatable bonds is 15. The Kier molecular flexibility index (Phi) is 12.1. The van der Waals surface area contributed by atoms with Gasteiger partial charge in [-0.2, -0.15) is 0 Å². The predicted molar refractivity (Wildman–Crippen MR) is 165 cm³/mol. The number of carbonyl (C=O) groups is 3. The molecule has 1 aromatic heterocycles. The van der Waals surface area contributed by atoms with Crippen molar-refractivity contribution in [1.29, 1.82) is 0 Å². The molecule has 0 aliphatic rings. The highest BCUT2D eigenvalue weighted by atomic mass is 16.6. The third-order valence-electron chi connectivity index (χ3n) is 6.65. The zero-order valence-corrected chi connectivity index (χ0v) is 24.8. The van der Waals surface area contributed by atoms with Crippen LogP contribution in [0.1, 0.15) is 88.1 Å². The molecule has 0 spiro atoms. The summed E-state index contributed by atoms with van der Waals surface area (Å²) in [7, 11) is 1.60. The van der Waals surface area contributed by atoms with Crippen LogP contribution in [0, 0.1) is 0 Å². The Morgan fingerprint density at radius 3 is 2.24 bits per heavy atom. The highest BCUT2D eigenvalue weighted by molar-refractivity contribution is 6.08. The topological polar surface area (TPSA) is 109 Å². The lowest BCUT2D eigenvalue weighted by Gasteiger charge is -2.19. The molecule has 8 nitrogen and oxygen atoms in total. The molecule has 2 amide bonds. The summed E-state index contributed by atoms with van der Waals surface area (Å²) in [5.74, 6) is -0.0117. The first-order valence-corrected chi connectivity index (χ1v) is 14.6. The van der Waals surface area contributed by atoms with Gasteiger partial charge in [-0.15, -0.1) is 0 Å². The molecule has 0 saturated heterocycles. The number of nitrogens with zero attached hydrogens (tertiary/aromatic N) is 1. The molecule has 3 N–H and O–H groups in total. The molecular formula is C33H44N4O4. The third-order valence-corrected chi connectivity index (χ3v) is 6.65. The van der Waals surface area contributed by atoms with Crippen LogP contribution < -0.4 is 16.0 Å². The summed E-state index contributed by atoms with van der Waals surface area (Å²) in [5, 5.41) is 9.67. The zero-order chi connectivity index (χ0) is 29.7. The van der Waals surface area contributed by atoms with E-state index in [2.05, 4.69) is 20.9 Å². The molecule has 0 saturated carbocycles. The Hall–Kier alpha value is -3.94. The van der Waals surface area contributed by atoms with Crippen LogP contribution in [0.3, 0.4) is 0 Å². The summed E-state index contributed by atoms with van der Waals surface area (Å²) < 4.78 is 5.23. The van der Waals surface area contributed by atoms with E-state index >= 15 is 0 Å². The number of unbranched alkanes of at least 4 members (excludes halogenated alkanes) is 6. The number of Topliss-reactive ketones (excluding diaryl/α,β-unsaturated/α-hetero) is 1. The van der Waals surface area contributed by atoms with Crippen molar-refractivity contribution in [1.82, 2.24) is 15.6 Å². The third kappa shape index (κ3) is 10.9. The SMILES string of the molecule is CNC(=O)c1cnc2ccc(CC(=O)CCCCCCCCCNC(=O)OC(C)(C)C)cc2c1Nc1ccccc1. The van der Waals surface area contributed by atoms with E-state index in [1.807, 2.05) is 69.3 Å². The van der Waals surface area contributed by atoms with E-state index in [0.29, 0.717) is 30.6 Å². The van der Waals surface area contributed by atoms with Crippen LogP contribution in [0.2, 0.25) is 0 Å². The molecule has 0 atom stereocenters. The number of benzene rings is 2. The molecule has 0 unspecified atom stereocenters. The molecule has 0 aliphatic heterocycles. The quantitative estimate of drug-likeness (QED) is 0.171. The predicted octanol–water partition coefficient (Wildman–Crippen LogP) is 7.10. The fourth-order valence-electron chi connectivity index (χ4n) is 4.61. The lowest BCUT2D eigenvalue weighted by molar-refractivity contribution is -0.118. The Morgan fingerprint density at radius 1 is 0.878 bits per heavy atom. The van der Waals surface area contributed by atoms with Crippen molar-refractivity contribution in [3.05, 3.63) is 65.9 Å². The van der Waals surface area contributed by atoms with Gasteiger partial charge in [-0.1, -0.05) is 56.4 Å². The molecule has 2 aromatic carbocycles. The maximum atomic E-state index is 12.8. The summed E-state index contributed by atoms with van der Waals surface area (Å²) >= 11 is 0. The van der Waals surface area contributed by atoms with Crippen LogP contribution in [0.15, 0.2) is 54.7 Å². The van der Waals surface area contributed by atoms with Gasteiger partial charge in [0.15, 0.2) is 0 Å². The number of hydrogen-bond acceptors (Lipinski definition) is 6. The van der Waals surface area contributed by atoms with Crippen molar-refractivity contribution in [2.45, 2.75) is 84.2 Å². The van der Waals surface area contributed by atoms with Gasteiger partial charge in [0.2, 0.25) is 0 Å². The fraction of sp³-hybridized carbons (Fsp3) is 0.455. The van der Waals surface area contributed by atoms with Gasteiger partial charge in [-0.25, -0.2) is 4.79 Å². The van der Waals surface area contributed by atoms with Gasteiger partial charge in [-0.05, 0) is 63.4 Å². The molecule has 3 rings (SSSR count). The Balaban J connectivity index is 1.44. The number of pyridine rings is 1. The number of ether oxygens (including phenoxy) is 1. The van der Waals surface area contributed by atoms with Crippen molar-refractivity contribution in [2.24, 2.45) is 0 Å². The minimum absolute atomic E-state index is 0.213. The molecule has 3 aromatic rings. The number of para-hydroxylation sites is 1. The van der Waals surface area contributed by atoms with Gasteiger partial charge in [0.05, 0.1) is 16.8 Å². The molecule has 1 heterocycles. The monoisotopic (exact) mass is 560 g/mol. The molecule has 41 heavy (non-hydrogen) atoms. The van der Waals surface area contributed by atoms with Gasteiger partial charge in [0.25, 0.3) is 5.91 Å². The smallest absolute Gasteiger partial charge is 0.407 e. The second kappa shape index (κ2) is 15.7. The number of carbonyl (C=O) groups excluding carboxylic acids is 3. The Labute approximate surface area is 243 Å². The summed E-state index contributed by atoms with van der Waals surface area (Å²) in [6, 6.07) is 15.5. The van der Waals surface area contributed by atoms with E-state index in [-0.39, 0.29) is 17.8 Å². The molecule has 0 radical (unpaired) electrons. The van der Waals surface area contributed by atoms with Crippen LogP contribution in [-0.4, -0.2) is 42.0 Å². The molecule has 220 valence electrons. The van der Waals surface area contributed by atoms with Crippen LogP contribution >= 0.6 is 0 Å². The maximum Gasteiger partial charge on any atom is 0.407 e. The fourth-order valence-corrected chi connectivity index (χ4v) is 4.61. The average Bonchev–Trinajstić information content (AvgIpc) is 2.93. The van der Waals surface area contributed by atoms with E-state index in [9.17, 15) is 14.4 Å². The Morgan fingerprint density at radius 2 is 1.56 bits per heavy atom. The van der Waals surface area contributed by atoms with Gasteiger partial charge < -0.3 is 20.7 Å². The first kappa shape index (κ1) is 31.6. The minimum Gasteiger partial charge on any atom is -0.444 e. The molecule has 8 heteroatoms. The van der Waals surface area contributed by atoms with Crippen LogP contribution in [0.5, 0.6) is 0 Å². The minimum atomic E-state index is -0.472. The number of nitrogens with one attached hydrogen (secondary N) is 3. The van der Waals surface area contributed by atoms with Crippen LogP contribution in [0.25, 0.3) is 10.9 Å². The van der Waals surface area contributed by atoms with Crippen LogP contribution in [-0.2, 0) is 16.0 Å². The van der Waals surface area contributed by atoms with Crippen molar-refractivity contribution < 1.29 is 19.1 Å². The standard InChI is InChI=1S/C33H44N4O4/c1-33(2,3)41-32(40)35-20-14-9-7-5-6-8-13-17-26(38)21-24-18-19-29-27(22-24)30(28(23-36-29)31(39)34-4)37-25-15-11-10-12-16-25/h10-12,15-16,18-19,22-23H,5-9,13-14,17,20-21H2,1-4H3,(H,34,39)(H,35,40)(H,36,37). The van der Waals surface area contributed by atoms with E-state index in [1.165, 1.54) is 0 Å². The van der Waals surface area contributed by atoms with E-state index in [4.69, 9.17) is 4.74 Å². The highest BCUT2D eigenvalue weighted by Gasteiger charge is 2.17. The molecular weight excluding hydrogens is 516 g/mol. The van der Waals surface area contributed by atoms with Gasteiger partial charge in [-0.3, -0.25) is 14.6 Å². The first-order chi connectivity index (χ1) is 19.7. The summed E-state index contributed by atoms with van der Waals surface area (Å²) in [5.41, 5.74) is 3.19. The van der Waals surface area contributed by atoms with Gasteiger partial charge in [0, 0.05) is 43.7 Å². The first-order valence-electron chi connectivity index (χ1n) is 14.6. The number of ketones is 1. The van der Waals surface area contributed by atoms with Crippen molar-refractivity contribution >= 4 is 40.1 Å². The van der Waals surface area contributed by atoms with Crippen molar-refractivity contribution in [3.63, 3.8) is 0 Å². The molecule has 0 aliphatic carbocycles. The van der Waals surface area contributed by atoms with Gasteiger partial charge >= 0.3 is 6.09 Å². The van der Waals surface area contributed by atoms with Gasteiger partial charge in [0.1, 0.15) is 11.4 Å². The number of alkyl carbamates (subject to hydrolysis) is 1. The largest absolute Gasteiger partial charge is 0.444 e. The number of aromatic nitrogens is 1. The summed E-state index contributed by atoms with van der Waals surface area (Å²) in [6.07, 6.45) is 9.40. The summed E-state index contributed by atoms with van der Waals surface area (Å²) in [6.45, 7) is 6.19. The maximum absolute atomic E-state index is 12.8. The normalized spacial score (nSPS) is 11.2. The van der Waals surface area contributed by atoms with Crippen LogP contribution in [0.4, 0.5) is 16.2 Å². The van der Waals surface area contributed by atoms with Crippen molar-refractivity contribution in [3.8, 4) is 0 Å².